The van der Waals surface area contributed by atoms with Gasteiger partial charge in [-0.15, -0.1) is 0 Å². The number of benzene rings is 3. The van der Waals surface area contributed by atoms with Crippen LogP contribution in [0, 0.1) is 0 Å². The molecule has 1 atom stereocenters. The number of anilines is 2. The number of carbonyl (C=O) groups excluding carboxylic acids is 3. The van der Waals surface area contributed by atoms with Crippen LogP contribution in [-0.4, -0.2) is 44.1 Å². The van der Waals surface area contributed by atoms with Crippen molar-refractivity contribution < 1.29 is 40.7 Å². The van der Waals surface area contributed by atoms with Crippen molar-refractivity contribution in [3.8, 4) is 0 Å². The van der Waals surface area contributed by atoms with E-state index in [1.165, 1.54) is 43.3 Å². The second kappa shape index (κ2) is 12.5. The third-order valence-electron chi connectivity index (χ3n) is 5.38. The summed E-state index contributed by atoms with van der Waals surface area (Å²) in [6.45, 7) is 0.498. The van der Waals surface area contributed by atoms with Crippen molar-refractivity contribution in [2.45, 2.75) is 24.1 Å². The molecule has 0 bridgehead atoms. The standard InChI is InChI=1S/C26H23ClF3N3O6S/c1-16(34)31-19-9-11-20(12-10-19)40(37,38)33(2)15-23(35)39-24(17-6-4-3-5-7-17)25(36)32-22-14-18(26(28,29)30)8-13-21(22)27/h3-14,24H,15H2,1-2H3,(H,31,34)(H,32,36). The van der Waals surface area contributed by atoms with E-state index in [2.05, 4.69) is 10.6 Å². The predicted molar refractivity (Wildman–Crippen MR) is 141 cm³/mol. The van der Waals surface area contributed by atoms with E-state index in [-0.39, 0.29) is 27.1 Å². The number of alkyl halides is 3. The van der Waals surface area contributed by atoms with Crippen LogP contribution in [-0.2, 0) is 35.3 Å². The van der Waals surface area contributed by atoms with E-state index < -0.39 is 46.3 Å². The van der Waals surface area contributed by atoms with Crippen molar-refractivity contribution in [2.24, 2.45) is 0 Å². The van der Waals surface area contributed by atoms with Gasteiger partial charge in [0, 0.05) is 25.2 Å². The van der Waals surface area contributed by atoms with Crippen LogP contribution in [0.2, 0.25) is 5.02 Å². The van der Waals surface area contributed by atoms with Crippen LogP contribution in [0.3, 0.4) is 0 Å². The molecule has 3 aromatic rings. The Labute approximate surface area is 232 Å². The van der Waals surface area contributed by atoms with Crippen LogP contribution in [0.1, 0.15) is 24.2 Å². The molecule has 0 saturated carbocycles. The normalized spacial score (nSPS) is 12.5. The van der Waals surface area contributed by atoms with Crippen molar-refractivity contribution in [2.75, 3.05) is 24.2 Å². The van der Waals surface area contributed by atoms with Gasteiger partial charge in [0.2, 0.25) is 22.0 Å². The number of amides is 2. The van der Waals surface area contributed by atoms with Gasteiger partial charge in [0.1, 0.15) is 6.54 Å². The lowest BCUT2D eigenvalue weighted by atomic mass is 10.1. The molecule has 9 nitrogen and oxygen atoms in total. The highest BCUT2D eigenvalue weighted by Crippen LogP contribution is 2.34. The smallest absolute Gasteiger partial charge is 0.416 e. The lowest BCUT2D eigenvalue weighted by Crippen LogP contribution is -2.35. The number of hydrogen-bond donors (Lipinski definition) is 2. The molecule has 0 fully saturated rings. The summed E-state index contributed by atoms with van der Waals surface area (Å²) in [6, 6.07) is 15.2. The number of carbonyl (C=O) groups is 3. The van der Waals surface area contributed by atoms with Crippen LogP contribution < -0.4 is 10.6 Å². The van der Waals surface area contributed by atoms with Gasteiger partial charge in [0.05, 0.1) is 21.2 Å². The number of ether oxygens (including phenoxy) is 1. The molecule has 0 aromatic heterocycles. The molecule has 0 radical (unpaired) electrons. The van der Waals surface area contributed by atoms with E-state index in [1.54, 1.807) is 18.2 Å². The first-order valence-electron chi connectivity index (χ1n) is 11.4. The molecular weight excluding hydrogens is 575 g/mol. The molecule has 0 aliphatic rings. The van der Waals surface area contributed by atoms with E-state index in [1.807, 2.05) is 0 Å². The lowest BCUT2D eigenvalue weighted by molar-refractivity contribution is -0.154. The van der Waals surface area contributed by atoms with Crippen LogP contribution in [0.5, 0.6) is 0 Å². The van der Waals surface area contributed by atoms with Crippen LogP contribution in [0.4, 0.5) is 24.5 Å². The van der Waals surface area contributed by atoms with Crippen molar-refractivity contribution in [1.82, 2.24) is 4.31 Å². The molecule has 3 rings (SSSR count). The van der Waals surface area contributed by atoms with Gasteiger partial charge in [0.15, 0.2) is 0 Å². The SMILES string of the molecule is CC(=O)Nc1ccc(S(=O)(=O)N(C)CC(=O)OC(C(=O)Nc2cc(C(F)(F)F)ccc2Cl)c2ccccc2)cc1. The first kappa shape index (κ1) is 30.6. The molecule has 1 unspecified atom stereocenters. The van der Waals surface area contributed by atoms with Gasteiger partial charge in [-0.25, -0.2) is 8.42 Å². The molecule has 14 heteroatoms. The van der Waals surface area contributed by atoms with Crippen LogP contribution in [0.15, 0.2) is 77.7 Å². The molecule has 2 amide bonds. The zero-order valence-corrected chi connectivity index (χ0v) is 22.6. The maximum Gasteiger partial charge on any atom is 0.416 e. The molecule has 40 heavy (non-hydrogen) atoms. The summed E-state index contributed by atoms with van der Waals surface area (Å²) in [5.74, 6) is -2.47. The molecule has 0 saturated heterocycles. The van der Waals surface area contributed by atoms with Crippen molar-refractivity contribution >= 4 is 50.8 Å². The molecule has 0 spiro atoms. The fourth-order valence-corrected chi connectivity index (χ4v) is 4.71. The minimum absolute atomic E-state index is 0.173. The zero-order valence-electron chi connectivity index (χ0n) is 21.0. The topological polar surface area (TPSA) is 122 Å². The summed E-state index contributed by atoms with van der Waals surface area (Å²) >= 11 is 5.97. The second-order valence-corrected chi connectivity index (χ2v) is 10.9. The van der Waals surface area contributed by atoms with Gasteiger partial charge in [-0.2, -0.15) is 17.5 Å². The Bertz CT molecular complexity index is 1500. The van der Waals surface area contributed by atoms with E-state index in [0.717, 1.165) is 19.2 Å². The quantitative estimate of drug-likeness (QED) is 0.340. The summed E-state index contributed by atoms with van der Waals surface area (Å²) in [5, 5.41) is 4.56. The summed E-state index contributed by atoms with van der Waals surface area (Å²) in [7, 11) is -3.05. The molecule has 3 aromatic carbocycles. The maximum absolute atomic E-state index is 13.1. The first-order chi connectivity index (χ1) is 18.7. The van der Waals surface area contributed by atoms with E-state index >= 15 is 0 Å². The Morgan fingerprint density at radius 3 is 2.17 bits per heavy atom. The van der Waals surface area contributed by atoms with Crippen molar-refractivity contribution in [1.29, 1.82) is 0 Å². The summed E-state index contributed by atoms with van der Waals surface area (Å²) in [6.07, 6.45) is -6.34. The Morgan fingerprint density at radius 1 is 0.975 bits per heavy atom. The van der Waals surface area contributed by atoms with Crippen LogP contribution >= 0.6 is 11.6 Å². The Balaban J connectivity index is 1.79. The number of nitrogens with zero attached hydrogens (tertiary/aromatic N) is 1. The van der Waals surface area contributed by atoms with Gasteiger partial charge >= 0.3 is 12.1 Å². The molecule has 0 aliphatic carbocycles. The number of esters is 1. The number of rotatable bonds is 9. The Morgan fingerprint density at radius 2 is 1.60 bits per heavy atom. The maximum atomic E-state index is 13.1. The van der Waals surface area contributed by atoms with Gasteiger partial charge in [0.25, 0.3) is 5.91 Å². The van der Waals surface area contributed by atoms with Gasteiger partial charge < -0.3 is 15.4 Å². The van der Waals surface area contributed by atoms with Gasteiger partial charge in [-0.05, 0) is 42.5 Å². The predicted octanol–water partition coefficient (Wildman–Crippen LogP) is 4.86. The second-order valence-electron chi connectivity index (χ2n) is 8.43. The molecule has 212 valence electrons. The van der Waals surface area contributed by atoms with Crippen LogP contribution in [0.25, 0.3) is 0 Å². The third-order valence-corrected chi connectivity index (χ3v) is 7.52. The highest BCUT2D eigenvalue weighted by atomic mass is 35.5. The lowest BCUT2D eigenvalue weighted by Gasteiger charge is -2.21. The molecule has 0 heterocycles. The highest BCUT2D eigenvalue weighted by Gasteiger charge is 2.32. The average molecular weight is 598 g/mol. The molecule has 0 aliphatic heterocycles. The minimum Gasteiger partial charge on any atom is -0.446 e. The number of nitrogens with one attached hydrogen (secondary N) is 2. The monoisotopic (exact) mass is 597 g/mol. The number of sulfonamides is 1. The molecule has 2 N–H and O–H groups in total. The first-order valence-corrected chi connectivity index (χ1v) is 13.3. The number of hydrogen-bond acceptors (Lipinski definition) is 6. The number of halogens is 4. The Kier molecular flexibility index (Phi) is 9.56. The van der Waals surface area contributed by atoms with Crippen molar-refractivity contribution in [3.05, 3.63) is 88.9 Å². The summed E-state index contributed by atoms with van der Waals surface area (Å²) in [5.41, 5.74) is -0.875. The minimum atomic E-state index is -4.70. The fraction of sp³-hybridized carbons (Fsp3) is 0.192. The zero-order chi connectivity index (χ0) is 29.7. The summed E-state index contributed by atoms with van der Waals surface area (Å²) in [4.78, 5) is 36.8. The highest BCUT2D eigenvalue weighted by molar-refractivity contribution is 7.89. The van der Waals surface area contributed by atoms with E-state index in [4.69, 9.17) is 16.3 Å². The van der Waals surface area contributed by atoms with Crippen molar-refractivity contribution in [3.63, 3.8) is 0 Å². The van der Waals surface area contributed by atoms with Gasteiger partial charge in [-0.1, -0.05) is 41.9 Å². The average Bonchev–Trinajstić information content (AvgIpc) is 2.88. The largest absolute Gasteiger partial charge is 0.446 e. The molecular formula is C26H23ClF3N3O6S. The third kappa shape index (κ3) is 7.81. The van der Waals surface area contributed by atoms with E-state index in [0.29, 0.717) is 16.1 Å². The fourth-order valence-electron chi connectivity index (χ4n) is 3.43. The Hall–Kier alpha value is -3.94. The summed E-state index contributed by atoms with van der Waals surface area (Å²) < 4.78 is 71.3. The number of likely N-dealkylation sites (N-methyl/N-ethyl adjacent to an activating group) is 1. The van der Waals surface area contributed by atoms with Gasteiger partial charge in [-0.3, -0.25) is 14.4 Å². The van der Waals surface area contributed by atoms with E-state index in [9.17, 15) is 36.0 Å².